The first-order valence-electron chi connectivity index (χ1n) is 6.62. The predicted octanol–water partition coefficient (Wildman–Crippen LogP) is 1.49. The Labute approximate surface area is 99.5 Å². The van der Waals surface area contributed by atoms with Crippen molar-refractivity contribution < 1.29 is 4.74 Å². The number of rotatable bonds is 5. The lowest BCUT2D eigenvalue weighted by Crippen LogP contribution is -2.47. The third-order valence-electron chi connectivity index (χ3n) is 3.42. The summed E-state index contributed by atoms with van der Waals surface area (Å²) >= 11 is 0. The summed E-state index contributed by atoms with van der Waals surface area (Å²) in [6, 6.07) is 0.822. The Balaban J connectivity index is 1.72. The highest BCUT2D eigenvalue weighted by molar-refractivity contribution is 4.85. The molecule has 0 aromatic rings. The summed E-state index contributed by atoms with van der Waals surface area (Å²) in [5.41, 5.74) is 0.375. The topological polar surface area (TPSA) is 24.5 Å². The van der Waals surface area contributed by atoms with Crippen molar-refractivity contribution >= 4 is 0 Å². The van der Waals surface area contributed by atoms with Crippen molar-refractivity contribution in [1.82, 2.24) is 10.2 Å². The highest BCUT2D eigenvalue weighted by Gasteiger charge is 2.28. The summed E-state index contributed by atoms with van der Waals surface area (Å²) in [6.07, 6.45) is 3.16. The molecule has 0 radical (unpaired) electrons. The van der Waals surface area contributed by atoms with E-state index >= 15 is 0 Å². The van der Waals surface area contributed by atoms with E-state index in [1.54, 1.807) is 0 Å². The molecule has 1 saturated carbocycles. The summed E-state index contributed by atoms with van der Waals surface area (Å²) in [4.78, 5) is 2.54. The van der Waals surface area contributed by atoms with Gasteiger partial charge in [0, 0.05) is 32.2 Å². The fraction of sp³-hybridized carbons (Fsp3) is 1.00. The molecular weight excluding hydrogens is 200 g/mol. The van der Waals surface area contributed by atoms with Crippen LogP contribution in [0.15, 0.2) is 0 Å². The lowest BCUT2D eigenvalue weighted by atomic mass is 9.92. The summed E-state index contributed by atoms with van der Waals surface area (Å²) in [5.74, 6) is 0. The normalized spacial score (nSPS) is 28.3. The van der Waals surface area contributed by atoms with Gasteiger partial charge in [0.15, 0.2) is 0 Å². The maximum absolute atomic E-state index is 5.57. The van der Waals surface area contributed by atoms with Crippen LogP contribution in [-0.4, -0.2) is 49.8 Å². The SMILES string of the molecule is CC1CN(CC(C)(C)CNC2CC2)CCO1. The summed E-state index contributed by atoms with van der Waals surface area (Å²) in [5, 5.41) is 3.64. The Bertz CT molecular complexity index is 226. The van der Waals surface area contributed by atoms with E-state index < -0.39 is 0 Å². The second kappa shape index (κ2) is 5.03. The maximum Gasteiger partial charge on any atom is 0.0674 e. The fourth-order valence-electron chi connectivity index (χ4n) is 2.40. The van der Waals surface area contributed by atoms with Crippen LogP contribution >= 0.6 is 0 Å². The molecule has 0 aromatic carbocycles. The molecule has 1 unspecified atom stereocenters. The van der Waals surface area contributed by atoms with Crippen LogP contribution in [0.1, 0.15) is 33.6 Å². The number of nitrogens with zero attached hydrogens (tertiary/aromatic N) is 1. The van der Waals surface area contributed by atoms with Gasteiger partial charge in [0.05, 0.1) is 12.7 Å². The molecule has 1 aliphatic heterocycles. The van der Waals surface area contributed by atoms with E-state index in [4.69, 9.17) is 4.74 Å². The Kier molecular flexibility index (Phi) is 3.88. The van der Waals surface area contributed by atoms with Crippen LogP contribution < -0.4 is 5.32 Å². The van der Waals surface area contributed by atoms with Gasteiger partial charge in [0.25, 0.3) is 0 Å². The van der Waals surface area contributed by atoms with Crippen LogP contribution in [0.3, 0.4) is 0 Å². The van der Waals surface area contributed by atoms with Gasteiger partial charge in [-0.2, -0.15) is 0 Å². The first-order chi connectivity index (χ1) is 7.55. The van der Waals surface area contributed by atoms with Crippen LogP contribution in [0.2, 0.25) is 0 Å². The fourth-order valence-corrected chi connectivity index (χ4v) is 2.40. The van der Waals surface area contributed by atoms with Crippen molar-refractivity contribution in [1.29, 1.82) is 0 Å². The van der Waals surface area contributed by atoms with E-state index in [1.165, 1.54) is 19.4 Å². The second-order valence-corrected chi connectivity index (χ2v) is 6.24. The van der Waals surface area contributed by atoms with Gasteiger partial charge in [0.2, 0.25) is 0 Å². The Morgan fingerprint density at radius 3 is 2.75 bits per heavy atom. The number of morpholine rings is 1. The molecule has 1 saturated heterocycles. The van der Waals surface area contributed by atoms with Gasteiger partial charge in [-0.05, 0) is 25.2 Å². The molecule has 1 N–H and O–H groups in total. The van der Waals surface area contributed by atoms with Gasteiger partial charge >= 0.3 is 0 Å². The van der Waals surface area contributed by atoms with Crippen molar-refractivity contribution in [3.05, 3.63) is 0 Å². The third-order valence-corrected chi connectivity index (χ3v) is 3.42. The van der Waals surface area contributed by atoms with Crippen LogP contribution in [0.5, 0.6) is 0 Å². The van der Waals surface area contributed by atoms with Crippen molar-refractivity contribution in [2.24, 2.45) is 5.41 Å². The highest BCUT2D eigenvalue weighted by Crippen LogP contribution is 2.23. The average Bonchev–Trinajstić information content (AvgIpc) is 2.97. The lowest BCUT2D eigenvalue weighted by Gasteiger charge is -2.37. The molecule has 2 aliphatic rings. The summed E-state index contributed by atoms with van der Waals surface area (Å²) < 4.78 is 5.57. The number of nitrogens with one attached hydrogen (secondary N) is 1. The van der Waals surface area contributed by atoms with E-state index in [9.17, 15) is 0 Å². The minimum Gasteiger partial charge on any atom is -0.376 e. The second-order valence-electron chi connectivity index (χ2n) is 6.24. The van der Waals surface area contributed by atoms with Gasteiger partial charge in [-0.3, -0.25) is 4.90 Å². The zero-order valence-corrected chi connectivity index (χ0v) is 11.0. The van der Waals surface area contributed by atoms with Crippen molar-refractivity contribution in [2.75, 3.05) is 32.8 Å². The Morgan fingerprint density at radius 2 is 2.12 bits per heavy atom. The van der Waals surface area contributed by atoms with E-state index in [0.29, 0.717) is 11.5 Å². The zero-order chi connectivity index (χ0) is 11.6. The molecule has 2 fully saturated rings. The van der Waals surface area contributed by atoms with E-state index in [2.05, 4.69) is 31.0 Å². The molecule has 1 aliphatic carbocycles. The minimum absolute atomic E-state index is 0.375. The maximum atomic E-state index is 5.57. The van der Waals surface area contributed by atoms with E-state index in [0.717, 1.165) is 32.3 Å². The molecule has 0 aromatic heterocycles. The van der Waals surface area contributed by atoms with Gasteiger partial charge in [-0.15, -0.1) is 0 Å². The molecule has 0 amide bonds. The molecule has 1 heterocycles. The highest BCUT2D eigenvalue weighted by atomic mass is 16.5. The van der Waals surface area contributed by atoms with Crippen molar-refractivity contribution in [3.63, 3.8) is 0 Å². The summed E-state index contributed by atoms with van der Waals surface area (Å²) in [6.45, 7) is 12.3. The molecular formula is C13H26N2O. The molecule has 3 heteroatoms. The standard InChI is InChI=1S/C13H26N2O/c1-11-8-15(6-7-16-11)10-13(2,3)9-14-12-4-5-12/h11-12,14H,4-10H2,1-3H3. The van der Waals surface area contributed by atoms with Crippen LogP contribution in [0.4, 0.5) is 0 Å². The van der Waals surface area contributed by atoms with E-state index in [-0.39, 0.29) is 0 Å². The quantitative estimate of drug-likeness (QED) is 0.768. The molecule has 2 rings (SSSR count). The van der Waals surface area contributed by atoms with Crippen LogP contribution in [0.25, 0.3) is 0 Å². The van der Waals surface area contributed by atoms with Gasteiger partial charge < -0.3 is 10.1 Å². The van der Waals surface area contributed by atoms with Gasteiger partial charge in [0.1, 0.15) is 0 Å². The smallest absolute Gasteiger partial charge is 0.0674 e. The number of ether oxygens (including phenoxy) is 1. The van der Waals surface area contributed by atoms with Gasteiger partial charge in [-0.25, -0.2) is 0 Å². The predicted molar refractivity (Wildman–Crippen MR) is 66.7 cm³/mol. The first kappa shape index (κ1) is 12.3. The largest absolute Gasteiger partial charge is 0.376 e. The molecule has 94 valence electrons. The van der Waals surface area contributed by atoms with Crippen LogP contribution in [0, 0.1) is 5.41 Å². The van der Waals surface area contributed by atoms with E-state index in [1.807, 2.05) is 0 Å². The number of hydrogen-bond donors (Lipinski definition) is 1. The first-order valence-corrected chi connectivity index (χ1v) is 6.62. The molecule has 0 bridgehead atoms. The van der Waals surface area contributed by atoms with Gasteiger partial charge in [-0.1, -0.05) is 13.8 Å². The van der Waals surface area contributed by atoms with Crippen LogP contribution in [-0.2, 0) is 4.74 Å². The molecule has 1 atom stereocenters. The summed E-state index contributed by atoms with van der Waals surface area (Å²) in [7, 11) is 0. The van der Waals surface area contributed by atoms with Crippen molar-refractivity contribution in [2.45, 2.75) is 45.8 Å². The zero-order valence-electron chi connectivity index (χ0n) is 11.0. The lowest BCUT2D eigenvalue weighted by molar-refractivity contribution is -0.0290. The third kappa shape index (κ3) is 4.04. The number of hydrogen-bond acceptors (Lipinski definition) is 3. The molecule has 16 heavy (non-hydrogen) atoms. The molecule has 3 nitrogen and oxygen atoms in total. The Morgan fingerprint density at radius 1 is 1.38 bits per heavy atom. The monoisotopic (exact) mass is 226 g/mol. The Hall–Kier alpha value is -0.120. The average molecular weight is 226 g/mol. The van der Waals surface area contributed by atoms with Crippen molar-refractivity contribution in [3.8, 4) is 0 Å². The minimum atomic E-state index is 0.375. The molecule has 0 spiro atoms.